The molecule has 0 aliphatic rings. The van der Waals surface area contributed by atoms with E-state index in [0.29, 0.717) is 11.4 Å². The molecule has 0 aliphatic carbocycles. The van der Waals surface area contributed by atoms with Crippen molar-refractivity contribution >= 4 is 27.4 Å². The van der Waals surface area contributed by atoms with Crippen molar-refractivity contribution < 1.29 is 0 Å². The van der Waals surface area contributed by atoms with E-state index in [1.807, 2.05) is 43.1 Å². The third kappa shape index (κ3) is 2.49. The fourth-order valence-electron chi connectivity index (χ4n) is 1.67. The summed E-state index contributed by atoms with van der Waals surface area (Å²) in [4.78, 5) is 10.4. The van der Waals surface area contributed by atoms with E-state index >= 15 is 0 Å². The van der Waals surface area contributed by atoms with Crippen molar-refractivity contribution in [2.75, 3.05) is 11.9 Å². The Bertz CT molecular complexity index is 598. The van der Waals surface area contributed by atoms with E-state index in [-0.39, 0.29) is 0 Å². The third-order valence-electron chi connectivity index (χ3n) is 2.52. The van der Waals surface area contributed by atoms with E-state index in [9.17, 15) is 0 Å². The Morgan fingerprint density at radius 2 is 2.00 bits per heavy atom. The largest absolute Gasteiger partial charge is 0.328 e. The number of aryl methyl sites for hydroxylation is 1. The Labute approximate surface area is 114 Å². The van der Waals surface area contributed by atoms with E-state index in [1.54, 1.807) is 6.07 Å². The average molecular weight is 303 g/mol. The summed E-state index contributed by atoms with van der Waals surface area (Å²) in [6, 6.07) is 11.4. The molecule has 0 unspecified atom stereocenters. The Kier molecular flexibility index (Phi) is 3.58. The van der Waals surface area contributed by atoms with Crippen molar-refractivity contribution in [1.29, 1.82) is 5.26 Å². The molecule has 1 aromatic heterocycles. The highest BCUT2D eigenvalue weighted by Gasteiger charge is 2.11. The van der Waals surface area contributed by atoms with Gasteiger partial charge in [-0.25, -0.2) is 9.97 Å². The Balaban J connectivity index is 2.48. The molecule has 0 atom stereocenters. The van der Waals surface area contributed by atoms with Gasteiger partial charge in [0.2, 0.25) is 0 Å². The fraction of sp³-hybridized carbons (Fsp3) is 0.154. The summed E-state index contributed by atoms with van der Waals surface area (Å²) >= 11 is 3.35. The third-order valence-corrected chi connectivity index (χ3v) is 2.93. The number of nitrogens with zero attached hydrogens (tertiary/aromatic N) is 4. The zero-order valence-electron chi connectivity index (χ0n) is 10.1. The minimum Gasteiger partial charge on any atom is -0.328 e. The minimum absolute atomic E-state index is 0.618. The molecular formula is C13H11BrN4. The predicted molar refractivity (Wildman–Crippen MR) is 73.7 cm³/mol. The lowest BCUT2D eigenvalue weighted by molar-refractivity contribution is 0.996. The van der Waals surface area contributed by atoms with Gasteiger partial charge in [-0.05, 0) is 35.0 Å². The molecule has 0 amide bonds. The molecule has 0 saturated carbocycles. The molecule has 90 valence electrons. The minimum atomic E-state index is 0.618. The van der Waals surface area contributed by atoms with E-state index in [2.05, 4.69) is 32.0 Å². The van der Waals surface area contributed by atoms with Crippen LogP contribution in [0.3, 0.4) is 0 Å². The van der Waals surface area contributed by atoms with Crippen LogP contribution in [-0.2, 0) is 0 Å². The van der Waals surface area contributed by atoms with Crippen LogP contribution in [0.15, 0.2) is 34.9 Å². The summed E-state index contributed by atoms with van der Waals surface area (Å²) in [6.07, 6.45) is 0. The fourth-order valence-corrected chi connectivity index (χ4v) is 2.13. The first-order valence-electron chi connectivity index (χ1n) is 5.36. The Morgan fingerprint density at radius 3 is 2.67 bits per heavy atom. The highest BCUT2D eigenvalue weighted by atomic mass is 79.9. The second-order valence-corrected chi connectivity index (χ2v) is 4.60. The number of para-hydroxylation sites is 1. The van der Waals surface area contributed by atoms with E-state index in [4.69, 9.17) is 5.26 Å². The number of halogens is 1. The van der Waals surface area contributed by atoms with Gasteiger partial charge in [-0.15, -0.1) is 0 Å². The predicted octanol–water partition coefficient (Wildman–Crippen LogP) is 3.19. The molecule has 0 saturated heterocycles. The molecule has 0 aliphatic heterocycles. The van der Waals surface area contributed by atoms with E-state index in [0.717, 1.165) is 16.1 Å². The number of rotatable bonds is 2. The van der Waals surface area contributed by atoms with Crippen LogP contribution in [0.5, 0.6) is 0 Å². The van der Waals surface area contributed by atoms with Gasteiger partial charge >= 0.3 is 0 Å². The number of hydrogen-bond donors (Lipinski definition) is 0. The molecule has 0 spiro atoms. The lowest BCUT2D eigenvalue weighted by atomic mass is 10.2. The lowest BCUT2D eigenvalue weighted by Crippen LogP contribution is -2.13. The number of nitriles is 1. The smallest absolute Gasteiger partial charge is 0.137 e. The molecule has 1 heterocycles. The zero-order valence-corrected chi connectivity index (χ0v) is 11.6. The first kappa shape index (κ1) is 12.5. The molecule has 0 N–H and O–H groups in total. The van der Waals surface area contributed by atoms with Crippen molar-refractivity contribution in [2.45, 2.75) is 6.92 Å². The van der Waals surface area contributed by atoms with Gasteiger partial charge in [-0.3, -0.25) is 0 Å². The van der Waals surface area contributed by atoms with Crippen LogP contribution in [0.25, 0.3) is 0 Å². The Hall–Kier alpha value is -1.93. The van der Waals surface area contributed by atoms with Gasteiger partial charge in [-0.1, -0.05) is 12.1 Å². The monoisotopic (exact) mass is 302 g/mol. The van der Waals surface area contributed by atoms with Gasteiger partial charge in [0.15, 0.2) is 0 Å². The van der Waals surface area contributed by atoms with E-state index < -0.39 is 0 Å². The first-order chi connectivity index (χ1) is 8.61. The van der Waals surface area contributed by atoms with Crippen molar-refractivity contribution in [1.82, 2.24) is 9.97 Å². The molecule has 2 aromatic rings. The summed E-state index contributed by atoms with van der Waals surface area (Å²) in [5, 5.41) is 9.10. The summed E-state index contributed by atoms with van der Waals surface area (Å²) in [5.41, 5.74) is 1.44. The maximum absolute atomic E-state index is 9.10. The van der Waals surface area contributed by atoms with Gasteiger partial charge in [-0.2, -0.15) is 5.26 Å². The van der Waals surface area contributed by atoms with Crippen LogP contribution >= 0.6 is 15.9 Å². The number of benzene rings is 1. The highest BCUT2D eigenvalue weighted by molar-refractivity contribution is 9.10. The Morgan fingerprint density at radius 1 is 1.28 bits per heavy atom. The molecule has 5 heteroatoms. The molecule has 2 rings (SSSR count). The van der Waals surface area contributed by atoms with Crippen LogP contribution in [0.4, 0.5) is 11.5 Å². The van der Waals surface area contributed by atoms with Crippen LogP contribution in [0, 0.1) is 18.3 Å². The molecule has 4 nitrogen and oxygen atoms in total. The van der Waals surface area contributed by atoms with Crippen molar-refractivity contribution in [3.05, 3.63) is 46.3 Å². The first-order valence-corrected chi connectivity index (χ1v) is 6.15. The van der Waals surface area contributed by atoms with Crippen molar-refractivity contribution in [3.8, 4) is 6.07 Å². The van der Waals surface area contributed by atoms with Crippen LogP contribution < -0.4 is 4.90 Å². The molecule has 0 bridgehead atoms. The maximum Gasteiger partial charge on any atom is 0.137 e. The topological polar surface area (TPSA) is 52.8 Å². The van der Waals surface area contributed by atoms with Crippen LogP contribution in [0.1, 0.15) is 11.4 Å². The van der Waals surface area contributed by atoms with Crippen LogP contribution in [-0.4, -0.2) is 17.0 Å². The number of hydrogen-bond acceptors (Lipinski definition) is 4. The second kappa shape index (κ2) is 5.15. The van der Waals surface area contributed by atoms with Crippen molar-refractivity contribution in [3.63, 3.8) is 0 Å². The standard InChI is InChI=1S/C13H11BrN4/c1-9-16-12(14)7-13(17-9)18(2)11-6-4-3-5-10(11)8-15/h3-7H,1-2H3. The molecular weight excluding hydrogens is 292 g/mol. The molecule has 18 heavy (non-hydrogen) atoms. The van der Waals surface area contributed by atoms with Gasteiger partial charge in [0.05, 0.1) is 11.3 Å². The highest BCUT2D eigenvalue weighted by Crippen LogP contribution is 2.26. The average Bonchev–Trinajstić information content (AvgIpc) is 2.36. The quantitative estimate of drug-likeness (QED) is 0.800. The van der Waals surface area contributed by atoms with Crippen molar-refractivity contribution in [2.24, 2.45) is 0 Å². The second-order valence-electron chi connectivity index (χ2n) is 3.78. The SMILES string of the molecule is Cc1nc(Br)cc(N(C)c2ccccc2C#N)n1. The maximum atomic E-state index is 9.10. The molecule has 0 fully saturated rings. The number of aromatic nitrogens is 2. The molecule has 0 radical (unpaired) electrons. The van der Waals surface area contributed by atoms with Gasteiger partial charge in [0.25, 0.3) is 0 Å². The van der Waals surface area contributed by atoms with Crippen LogP contribution in [0.2, 0.25) is 0 Å². The lowest BCUT2D eigenvalue weighted by Gasteiger charge is -2.19. The van der Waals surface area contributed by atoms with Gasteiger partial charge in [0, 0.05) is 13.1 Å². The zero-order chi connectivity index (χ0) is 13.1. The summed E-state index contributed by atoms with van der Waals surface area (Å²) < 4.78 is 0.728. The number of anilines is 2. The van der Waals surface area contributed by atoms with Gasteiger partial charge in [0.1, 0.15) is 22.3 Å². The summed E-state index contributed by atoms with van der Waals surface area (Å²) in [5.74, 6) is 1.43. The van der Waals surface area contributed by atoms with Gasteiger partial charge < -0.3 is 4.90 Å². The van der Waals surface area contributed by atoms with E-state index in [1.165, 1.54) is 0 Å². The normalized spacial score (nSPS) is 9.89. The molecule has 1 aromatic carbocycles. The summed E-state index contributed by atoms with van der Waals surface area (Å²) in [7, 11) is 1.88. The summed E-state index contributed by atoms with van der Waals surface area (Å²) in [6.45, 7) is 1.83.